The molecule has 2 N–H and O–H groups in total. The highest BCUT2D eigenvalue weighted by Gasteiger charge is 2.27. The number of aromatic nitrogens is 3. The zero-order valence-electron chi connectivity index (χ0n) is 16.3. The Labute approximate surface area is 169 Å². The number of benzene rings is 1. The lowest BCUT2D eigenvalue weighted by atomic mass is 10.0. The Morgan fingerprint density at radius 1 is 1.24 bits per heavy atom. The number of pyridine rings is 1. The number of hydrogen-bond acceptors (Lipinski definition) is 5. The fourth-order valence-corrected chi connectivity index (χ4v) is 3.66. The maximum absolute atomic E-state index is 12.6. The second-order valence-electron chi connectivity index (χ2n) is 7.28. The Kier molecular flexibility index (Phi) is 5.57. The van der Waals surface area contributed by atoms with Crippen LogP contribution in [0.25, 0.3) is 5.69 Å². The van der Waals surface area contributed by atoms with Gasteiger partial charge in [0.1, 0.15) is 5.69 Å². The molecule has 0 saturated heterocycles. The number of aliphatic hydroxyl groups excluding tert-OH is 1. The zero-order chi connectivity index (χ0) is 20.2. The maximum atomic E-state index is 12.6. The van der Waals surface area contributed by atoms with Gasteiger partial charge < -0.3 is 15.2 Å². The van der Waals surface area contributed by atoms with Gasteiger partial charge in [-0.3, -0.25) is 4.79 Å². The molecule has 2 aromatic heterocycles. The lowest BCUT2D eigenvalue weighted by Crippen LogP contribution is -2.40. The Hall–Kier alpha value is -3.19. The quantitative estimate of drug-likeness (QED) is 0.673. The van der Waals surface area contributed by atoms with Crippen LogP contribution >= 0.6 is 0 Å². The van der Waals surface area contributed by atoms with Gasteiger partial charge in [0.15, 0.2) is 0 Å². The molecule has 1 aliphatic carbocycles. The SMILES string of the molecule is COc1cc(Cc2ccc(-n3cccn3)cc2)cc(C(=O)NC2CCC[C@@H]2O)n1. The molecule has 1 fully saturated rings. The van der Waals surface area contributed by atoms with Crippen molar-refractivity contribution < 1.29 is 14.6 Å². The summed E-state index contributed by atoms with van der Waals surface area (Å²) in [4.78, 5) is 16.9. The van der Waals surface area contributed by atoms with Gasteiger partial charge in [0.25, 0.3) is 5.91 Å². The fraction of sp³-hybridized carbons (Fsp3) is 0.318. The number of hydrogen-bond donors (Lipinski definition) is 2. The third kappa shape index (κ3) is 4.46. The molecule has 1 unspecified atom stereocenters. The molecule has 0 bridgehead atoms. The Bertz CT molecular complexity index is 970. The van der Waals surface area contributed by atoms with Crippen LogP contribution < -0.4 is 10.1 Å². The summed E-state index contributed by atoms with van der Waals surface area (Å²) in [6.07, 6.45) is 6.21. The van der Waals surface area contributed by atoms with E-state index in [4.69, 9.17) is 4.74 Å². The number of ether oxygens (including phenoxy) is 1. The lowest BCUT2D eigenvalue weighted by molar-refractivity contribution is 0.0867. The van der Waals surface area contributed by atoms with Crippen molar-refractivity contribution in [3.05, 3.63) is 71.7 Å². The maximum Gasteiger partial charge on any atom is 0.270 e. The van der Waals surface area contributed by atoms with Crippen LogP contribution in [0, 0.1) is 0 Å². The van der Waals surface area contributed by atoms with Crippen molar-refractivity contribution in [1.29, 1.82) is 0 Å². The van der Waals surface area contributed by atoms with E-state index < -0.39 is 6.10 Å². The molecule has 0 radical (unpaired) electrons. The first-order valence-electron chi connectivity index (χ1n) is 9.75. The number of amides is 1. The van der Waals surface area contributed by atoms with Crippen molar-refractivity contribution in [1.82, 2.24) is 20.1 Å². The number of rotatable bonds is 6. The van der Waals surface area contributed by atoms with Crippen LogP contribution in [0.4, 0.5) is 0 Å². The Morgan fingerprint density at radius 3 is 2.72 bits per heavy atom. The highest BCUT2D eigenvalue weighted by atomic mass is 16.5. The first-order valence-corrected chi connectivity index (χ1v) is 9.75. The largest absolute Gasteiger partial charge is 0.481 e. The summed E-state index contributed by atoms with van der Waals surface area (Å²) in [5.74, 6) is 0.109. The molecule has 1 aliphatic rings. The van der Waals surface area contributed by atoms with E-state index in [0.29, 0.717) is 18.0 Å². The number of carbonyl (C=O) groups is 1. The van der Waals surface area contributed by atoms with Crippen LogP contribution in [0.2, 0.25) is 0 Å². The second kappa shape index (κ2) is 8.45. The van der Waals surface area contributed by atoms with Gasteiger partial charge in [-0.15, -0.1) is 0 Å². The topological polar surface area (TPSA) is 89.3 Å². The van der Waals surface area contributed by atoms with Gasteiger partial charge in [-0.25, -0.2) is 9.67 Å². The van der Waals surface area contributed by atoms with Gasteiger partial charge in [0, 0.05) is 18.5 Å². The van der Waals surface area contributed by atoms with Crippen LogP contribution in [0.5, 0.6) is 5.88 Å². The summed E-state index contributed by atoms with van der Waals surface area (Å²) in [5.41, 5.74) is 3.32. The van der Waals surface area contributed by atoms with Crippen molar-refractivity contribution in [2.24, 2.45) is 0 Å². The molecular weight excluding hydrogens is 368 g/mol. The molecule has 7 heteroatoms. The number of aliphatic hydroxyl groups is 1. The molecule has 0 spiro atoms. The van der Waals surface area contributed by atoms with Crippen molar-refractivity contribution in [2.45, 2.75) is 37.8 Å². The van der Waals surface area contributed by atoms with E-state index in [1.54, 1.807) is 16.9 Å². The van der Waals surface area contributed by atoms with Crippen molar-refractivity contribution in [3.8, 4) is 11.6 Å². The first kappa shape index (κ1) is 19.1. The molecule has 1 aromatic carbocycles. The highest BCUT2D eigenvalue weighted by molar-refractivity contribution is 5.92. The number of nitrogens with one attached hydrogen (secondary N) is 1. The van der Waals surface area contributed by atoms with Gasteiger partial charge >= 0.3 is 0 Å². The third-order valence-electron chi connectivity index (χ3n) is 5.21. The van der Waals surface area contributed by atoms with Crippen LogP contribution in [-0.4, -0.2) is 45.0 Å². The second-order valence-corrected chi connectivity index (χ2v) is 7.28. The van der Waals surface area contributed by atoms with E-state index in [0.717, 1.165) is 36.1 Å². The van der Waals surface area contributed by atoms with Gasteiger partial charge in [0.05, 0.1) is 24.9 Å². The monoisotopic (exact) mass is 392 g/mol. The summed E-state index contributed by atoms with van der Waals surface area (Å²) < 4.78 is 7.10. The Morgan fingerprint density at radius 2 is 2.07 bits per heavy atom. The summed E-state index contributed by atoms with van der Waals surface area (Å²) >= 11 is 0. The van der Waals surface area contributed by atoms with E-state index >= 15 is 0 Å². The average Bonchev–Trinajstić information content (AvgIpc) is 3.41. The molecule has 7 nitrogen and oxygen atoms in total. The molecule has 150 valence electrons. The van der Waals surface area contributed by atoms with Gasteiger partial charge in [-0.05, 0) is 61.1 Å². The molecule has 2 atom stereocenters. The van der Waals surface area contributed by atoms with Crippen molar-refractivity contribution >= 4 is 5.91 Å². The van der Waals surface area contributed by atoms with E-state index in [1.165, 1.54) is 7.11 Å². The minimum atomic E-state index is -0.489. The van der Waals surface area contributed by atoms with E-state index in [2.05, 4.69) is 15.4 Å². The number of methoxy groups -OCH3 is 1. The van der Waals surface area contributed by atoms with Crippen LogP contribution in [-0.2, 0) is 6.42 Å². The summed E-state index contributed by atoms with van der Waals surface area (Å²) in [6, 6.07) is 13.4. The summed E-state index contributed by atoms with van der Waals surface area (Å²) in [7, 11) is 1.54. The lowest BCUT2D eigenvalue weighted by Gasteiger charge is -2.16. The zero-order valence-corrected chi connectivity index (χ0v) is 16.3. The fourth-order valence-electron chi connectivity index (χ4n) is 3.66. The standard InChI is InChI=1S/C22H24N4O3/c1-29-21-14-16(12-15-6-8-17(9-7-15)26-11-3-10-23-26)13-19(24-21)22(28)25-18-4-2-5-20(18)27/h3,6-11,13-14,18,20,27H,2,4-5,12H2,1H3,(H,25,28)/t18?,20-/m0/s1. The van der Waals surface area contributed by atoms with Crippen LogP contribution in [0.3, 0.4) is 0 Å². The molecule has 1 amide bonds. The average molecular weight is 392 g/mol. The Balaban J connectivity index is 1.51. The third-order valence-corrected chi connectivity index (χ3v) is 5.21. The summed E-state index contributed by atoms with van der Waals surface area (Å²) in [5, 5.41) is 17.1. The molecule has 3 aromatic rings. The molecular formula is C22H24N4O3. The molecule has 4 rings (SSSR count). The van der Waals surface area contributed by atoms with Crippen molar-refractivity contribution in [2.75, 3.05) is 7.11 Å². The minimum Gasteiger partial charge on any atom is -0.481 e. The van der Waals surface area contributed by atoms with Crippen molar-refractivity contribution in [3.63, 3.8) is 0 Å². The highest BCUT2D eigenvalue weighted by Crippen LogP contribution is 2.21. The van der Waals surface area contributed by atoms with Crippen LogP contribution in [0.1, 0.15) is 40.9 Å². The van der Waals surface area contributed by atoms with Crippen LogP contribution in [0.15, 0.2) is 54.9 Å². The normalized spacial score (nSPS) is 18.6. The molecule has 2 heterocycles. The molecule has 0 aliphatic heterocycles. The first-order chi connectivity index (χ1) is 14.1. The van der Waals surface area contributed by atoms with E-state index in [1.807, 2.05) is 42.6 Å². The predicted octanol–water partition coefficient (Wildman–Crippen LogP) is 2.51. The molecule has 1 saturated carbocycles. The number of nitrogens with zero attached hydrogens (tertiary/aromatic N) is 3. The number of carbonyl (C=O) groups excluding carboxylic acids is 1. The van der Waals surface area contributed by atoms with E-state index in [-0.39, 0.29) is 11.9 Å². The van der Waals surface area contributed by atoms with Gasteiger partial charge in [-0.1, -0.05) is 12.1 Å². The van der Waals surface area contributed by atoms with E-state index in [9.17, 15) is 9.90 Å². The summed E-state index contributed by atoms with van der Waals surface area (Å²) in [6.45, 7) is 0. The predicted molar refractivity (Wildman–Crippen MR) is 108 cm³/mol. The van der Waals surface area contributed by atoms with Gasteiger partial charge in [-0.2, -0.15) is 5.10 Å². The van der Waals surface area contributed by atoms with Gasteiger partial charge in [0.2, 0.25) is 5.88 Å². The molecule has 29 heavy (non-hydrogen) atoms. The minimum absolute atomic E-state index is 0.214. The smallest absolute Gasteiger partial charge is 0.270 e.